The predicted octanol–water partition coefficient (Wildman–Crippen LogP) is 1.56. The monoisotopic (exact) mass is 263 g/mol. The molecule has 1 aliphatic rings. The van der Waals surface area contributed by atoms with Gasteiger partial charge >= 0.3 is 0 Å². The van der Waals surface area contributed by atoms with E-state index in [1.165, 1.54) is 19.3 Å². The van der Waals surface area contributed by atoms with Gasteiger partial charge in [0.15, 0.2) is 0 Å². The molecule has 0 aliphatic carbocycles. The summed E-state index contributed by atoms with van der Waals surface area (Å²) >= 11 is 0. The number of piperidine rings is 1. The van der Waals surface area contributed by atoms with Gasteiger partial charge in [0.25, 0.3) is 0 Å². The summed E-state index contributed by atoms with van der Waals surface area (Å²) in [5.74, 6) is 2.92. The number of nitrogens with two attached hydrogens (primary N) is 1. The van der Waals surface area contributed by atoms with Crippen molar-refractivity contribution in [2.24, 2.45) is 5.73 Å². The van der Waals surface area contributed by atoms with Gasteiger partial charge < -0.3 is 15.5 Å². The first-order valence-corrected chi connectivity index (χ1v) is 7.22. The van der Waals surface area contributed by atoms with Gasteiger partial charge in [0.2, 0.25) is 0 Å². The number of rotatable bonds is 5. The lowest BCUT2D eigenvalue weighted by Crippen LogP contribution is -2.31. The van der Waals surface area contributed by atoms with Crippen LogP contribution in [0.15, 0.2) is 6.07 Å². The minimum absolute atomic E-state index is 0.716. The van der Waals surface area contributed by atoms with E-state index in [2.05, 4.69) is 32.9 Å². The summed E-state index contributed by atoms with van der Waals surface area (Å²) in [6.45, 7) is 5.85. The van der Waals surface area contributed by atoms with E-state index >= 15 is 0 Å². The Morgan fingerprint density at radius 1 is 1.26 bits per heavy atom. The zero-order valence-electron chi connectivity index (χ0n) is 12.1. The first kappa shape index (κ1) is 14.1. The zero-order chi connectivity index (χ0) is 13.7. The van der Waals surface area contributed by atoms with Crippen molar-refractivity contribution in [1.29, 1.82) is 0 Å². The van der Waals surface area contributed by atoms with Crippen molar-refractivity contribution in [1.82, 2.24) is 9.97 Å². The second-order valence-electron chi connectivity index (χ2n) is 5.24. The normalized spacial score (nSPS) is 15.6. The van der Waals surface area contributed by atoms with E-state index in [9.17, 15) is 0 Å². The SMILES string of the molecule is Cc1nc(N(C)CCCN)cc(N2CCCCC2)n1. The molecule has 5 nitrogen and oxygen atoms in total. The molecule has 19 heavy (non-hydrogen) atoms. The lowest BCUT2D eigenvalue weighted by Gasteiger charge is -2.29. The number of aryl methyl sites for hydroxylation is 1. The van der Waals surface area contributed by atoms with E-state index in [0.717, 1.165) is 43.5 Å². The molecule has 2 N–H and O–H groups in total. The van der Waals surface area contributed by atoms with Crippen LogP contribution in [0, 0.1) is 6.92 Å². The fourth-order valence-corrected chi connectivity index (χ4v) is 2.46. The van der Waals surface area contributed by atoms with Crippen molar-refractivity contribution < 1.29 is 0 Å². The fraction of sp³-hybridized carbons (Fsp3) is 0.714. The quantitative estimate of drug-likeness (QED) is 0.873. The van der Waals surface area contributed by atoms with Crippen LogP contribution in [-0.2, 0) is 0 Å². The summed E-state index contributed by atoms with van der Waals surface area (Å²) in [5, 5.41) is 0. The first-order valence-electron chi connectivity index (χ1n) is 7.22. The number of anilines is 2. The fourth-order valence-electron chi connectivity index (χ4n) is 2.46. The van der Waals surface area contributed by atoms with Gasteiger partial charge in [-0.1, -0.05) is 0 Å². The summed E-state index contributed by atoms with van der Waals surface area (Å²) in [4.78, 5) is 13.6. The van der Waals surface area contributed by atoms with Gasteiger partial charge in [-0.05, 0) is 39.2 Å². The van der Waals surface area contributed by atoms with E-state index in [4.69, 9.17) is 5.73 Å². The zero-order valence-corrected chi connectivity index (χ0v) is 12.1. The van der Waals surface area contributed by atoms with Gasteiger partial charge in [0, 0.05) is 32.7 Å². The highest BCUT2D eigenvalue weighted by molar-refractivity contribution is 5.50. The molecule has 0 saturated carbocycles. The van der Waals surface area contributed by atoms with Crippen LogP contribution in [0.25, 0.3) is 0 Å². The molecule has 5 heteroatoms. The molecule has 0 atom stereocenters. The van der Waals surface area contributed by atoms with Crippen molar-refractivity contribution in [2.45, 2.75) is 32.6 Å². The summed E-state index contributed by atoms with van der Waals surface area (Å²) < 4.78 is 0. The lowest BCUT2D eigenvalue weighted by molar-refractivity contribution is 0.572. The number of hydrogen-bond donors (Lipinski definition) is 1. The molecule has 1 aromatic rings. The molecule has 0 amide bonds. The van der Waals surface area contributed by atoms with Gasteiger partial charge in [-0.15, -0.1) is 0 Å². The maximum Gasteiger partial charge on any atom is 0.134 e. The van der Waals surface area contributed by atoms with Crippen molar-refractivity contribution in [3.05, 3.63) is 11.9 Å². The van der Waals surface area contributed by atoms with Gasteiger partial charge in [0.05, 0.1) is 0 Å². The van der Waals surface area contributed by atoms with Crippen LogP contribution in [-0.4, -0.2) is 43.2 Å². The molecule has 106 valence electrons. The van der Waals surface area contributed by atoms with E-state index in [1.54, 1.807) is 0 Å². The Hall–Kier alpha value is -1.36. The highest BCUT2D eigenvalue weighted by atomic mass is 15.2. The van der Waals surface area contributed by atoms with Crippen LogP contribution in [0.4, 0.5) is 11.6 Å². The molecule has 2 heterocycles. The third-order valence-corrected chi connectivity index (χ3v) is 3.58. The molecule has 2 rings (SSSR count). The third-order valence-electron chi connectivity index (χ3n) is 3.58. The lowest BCUT2D eigenvalue weighted by atomic mass is 10.1. The minimum atomic E-state index is 0.716. The Morgan fingerprint density at radius 3 is 2.68 bits per heavy atom. The highest BCUT2D eigenvalue weighted by Crippen LogP contribution is 2.21. The first-order chi connectivity index (χ1) is 9.20. The van der Waals surface area contributed by atoms with Crippen molar-refractivity contribution in [3.8, 4) is 0 Å². The molecule has 0 bridgehead atoms. The van der Waals surface area contributed by atoms with E-state index in [0.29, 0.717) is 6.54 Å². The Labute approximate surface area is 115 Å². The van der Waals surface area contributed by atoms with Gasteiger partial charge in [0.1, 0.15) is 17.5 Å². The molecule has 1 aromatic heterocycles. The Balaban J connectivity index is 2.13. The van der Waals surface area contributed by atoms with Crippen LogP contribution in [0.1, 0.15) is 31.5 Å². The largest absolute Gasteiger partial charge is 0.359 e. The second kappa shape index (κ2) is 6.70. The van der Waals surface area contributed by atoms with Crippen LogP contribution in [0.5, 0.6) is 0 Å². The minimum Gasteiger partial charge on any atom is -0.359 e. The van der Waals surface area contributed by atoms with E-state index in [-0.39, 0.29) is 0 Å². The molecule has 1 aliphatic heterocycles. The predicted molar refractivity (Wildman–Crippen MR) is 79.8 cm³/mol. The summed E-state index contributed by atoms with van der Waals surface area (Å²) in [6.07, 6.45) is 4.85. The molecular formula is C14H25N5. The molecule has 1 fully saturated rings. The maximum absolute atomic E-state index is 5.56. The standard InChI is InChI=1S/C14H25N5/c1-12-16-13(18(2)8-6-7-15)11-14(17-12)19-9-4-3-5-10-19/h11H,3-10,15H2,1-2H3. The van der Waals surface area contributed by atoms with Crippen molar-refractivity contribution >= 4 is 11.6 Å². The van der Waals surface area contributed by atoms with Crippen molar-refractivity contribution in [2.75, 3.05) is 43.0 Å². The number of nitrogens with zero attached hydrogens (tertiary/aromatic N) is 4. The Bertz CT molecular complexity index is 401. The third kappa shape index (κ3) is 3.80. The van der Waals surface area contributed by atoms with Crippen molar-refractivity contribution in [3.63, 3.8) is 0 Å². The number of aromatic nitrogens is 2. The Kier molecular flexibility index (Phi) is 4.96. The van der Waals surface area contributed by atoms with Crippen LogP contribution >= 0.6 is 0 Å². The van der Waals surface area contributed by atoms with E-state index < -0.39 is 0 Å². The van der Waals surface area contributed by atoms with Gasteiger partial charge in [-0.2, -0.15) is 0 Å². The molecule has 0 aromatic carbocycles. The molecule has 1 saturated heterocycles. The van der Waals surface area contributed by atoms with Crippen LogP contribution in [0.3, 0.4) is 0 Å². The maximum atomic E-state index is 5.56. The average molecular weight is 263 g/mol. The molecular weight excluding hydrogens is 238 g/mol. The van der Waals surface area contributed by atoms with Gasteiger partial charge in [-0.3, -0.25) is 0 Å². The smallest absolute Gasteiger partial charge is 0.134 e. The van der Waals surface area contributed by atoms with E-state index in [1.807, 2.05) is 6.92 Å². The summed E-state index contributed by atoms with van der Waals surface area (Å²) in [7, 11) is 2.07. The number of hydrogen-bond acceptors (Lipinski definition) is 5. The summed E-state index contributed by atoms with van der Waals surface area (Å²) in [6, 6.07) is 2.11. The average Bonchev–Trinajstić information content (AvgIpc) is 2.45. The second-order valence-corrected chi connectivity index (χ2v) is 5.24. The topological polar surface area (TPSA) is 58.3 Å². The molecule has 0 spiro atoms. The Morgan fingerprint density at radius 2 is 2.00 bits per heavy atom. The van der Waals surface area contributed by atoms with Gasteiger partial charge in [-0.25, -0.2) is 9.97 Å². The van der Waals surface area contributed by atoms with Crippen LogP contribution < -0.4 is 15.5 Å². The molecule has 0 radical (unpaired) electrons. The van der Waals surface area contributed by atoms with Crippen LogP contribution in [0.2, 0.25) is 0 Å². The molecule has 0 unspecified atom stereocenters. The summed E-state index contributed by atoms with van der Waals surface area (Å²) in [5.41, 5.74) is 5.56. The highest BCUT2D eigenvalue weighted by Gasteiger charge is 2.14.